The van der Waals surface area contributed by atoms with Crippen molar-refractivity contribution in [2.45, 2.75) is 0 Å². The van der Waals surface area contributed by atoms with Crippen LogP contribution in [0.25, 0.3) is 11.0 Å². The molecule has 0 atom stereocenters. The summed E-state index contributed by atoms with van der Waals surface area (Å²) in [5, 5.41) is 4.48. The third kappa shape index (κ3) is 1.82. The fraction of sp³-hybridized carbons (Fsp3) is 0. The summed E-state index contributed by atoms with van der Waals surface area (Å²) in [5.74, 6) is 0.176. The number of nitrogen functional groups attached to an aromatic ring is 1. The van der Waals surface area contributed by atoms with E-state index in [-0.39, 0.29) is 5.91 Å². The van der Waals surface area contributed by atoms with Crippen LogP contribution in [0, 0.1) is 0 Å². The quantitative estimate of drug-likeness (QED) is 0.660. The molecular weight excluding hydrogens is 248 g/mol. The fourth-order valence-electron chi connectivity index (χ4n) is 1.68. The van der Waals surface area contributed by atoms with E-state index in [0.29, 0.717) is 16.5 Å². The molecule has 0 saturated heterocycles. The first-order valence-corrected chi connectivity index (χ1v) is 6.21. The third-order valence-corrected chi connectivity index (χ3v) is 3.45. The van der Waals surface area contributed by atoms with Gasteiger partial charge in [-0.25, -0.2) is 4.98 Å². The van der Waals surface area contributed by atoms with Gasteiger partial charge in [-0.3, -0.25) is 10.1 Å². The largest absolute Gasteiger partial charge is 0.397 e. The van der Waals surface area contributed by atoms with Gasteiger partial charge >= 0.3 is 0 Å². The molecule has 1 aromatic carbocycles. The van der Waals surface area contributed by atoms with Crippen molar-refractivity contribution in [1.82, 2.24) is 9.97 Å². The van der Waals surface area contributed by atoms with Gasteiger partial charge in [0.15, 0.2) is 0 Å². The topological polar surface area (TPSA) is 83.8 Å². The zero-order chi connectivity index (χ0) is 12.5. The van der Waals surface area contributed by atoms with Gasteiger partial charge in [0, 0.05) is 0 Å². The third-order valence-electron chi connectivity index (χ3n) is 2.52. The summed E-state index contributed by atoms with van der Waals surface area (Å²) in [6.07, 6.45) is 0. The average molecular weight is 258 g/mol. The maximum absolute atomic E-state index is 11.9. The Bertz CT molecular complexity index is 683. The smallest absolute Gasteiger partial charge is 0.270 e. The molecule has 3 aromatic rings. The maximum Gasteiger partial charge on any atom is 0.270 e. The van der Waals surface area contributed by atoms with Crippen LogP contribution in [0.3, 0.4) is 0 Å². The summed E-state index contributed by atoms with van der Waals surface area (Å²) in [6, 6.07) is 9.28. The van der Waals surface area contributed by atoms with E-state index < -0.39 is 0 Å². The van der Waals surface area contributed by atoms with Crippen LogP contribution in [0.1, 0.15) is 9.67 Å². The number of thiophene rings is 1. The number of imidazole rings is 1. The molecule has 0 unspecified atom stereocenters. The molecule has 1 amide bonds. The number of hydrogen-bond acceptors (Lipinski definition) is 4. The molecule has 6 heteroatoms. The summed E-state index contributed by atoms with van der Waals surface area (Å²) < 4.78 is 0. The molecule has 18 heavy (non-hydrogen) atoms. The number of carbonyl (C=O) groups excluding carboxylic acids is 1. The Hall–Kier alpha value is -2.34. The number of benzene rings is 1. The maximum atomic E-state index is 11.9. The minimum absolute atomic E-state index is 0.249. The number of nitrogens with two attached hydrogens (primary N) is 1. The van der Waals surface area contributed by atoms with E-state index in [1.807, 2.05) is 24.3 Å². The van der Waals surface area contributed by atoms with E-state index in [0.717, 1.165) is 11.0 Å². The van der Waals surface area contributed by atoms with E-state index in [1.165, 1.54) is 11.3 Å². The van der Waals surface area contributed by atoms with Crippen molar-refractivity contribution >= 4 is 39.9 Å². The van der Waals surface area contributed by atoms with Crippen LogP contribution in [-0.2, 0) is 0 Å². The van der Waals surface area contributed by atoms with E-state index >= 15 is 0 Å². The number of amides is 1. The second-order valence-electron chi connectivity index (χ2n) is 3.76. The van der Waals surface area contributed by atoms with E-state index in [4.69, 9.17) is 5.73 Å². The fourth-order valence-corrected chi connectivity index (χ4v) is 2.39. The lowest BCUT2D eigenvalue weighted by atomic mass is 10.3. The summed E-state index contributed by atoms with van der Waals surface area (Å²) >= 11 is 1.31. The summed E-state index contributed by atoms with van der Waals surface area (Å²) in [7, 11) is 0. The lowest BCUT2D eigenvalue weighted by Crippen LogP contribution is -2.12. The lowest BCUT2D eigenvalue weighted by Gasteiger charge is -1.99. The monoisotopic (exact) mass is 258 g/mol. The zero-order valence-electron chi connectivity index (χ0n) is 9.31. The Morgan fingerprint density at radius 3 is 2.89 bits per heavy atom. The Morgan fingerprint density at radius 1 is 1.33 bits per heavy atom. The van der Waals surface area contributed by atoms with Crippen molar-refractivity contribution in [2.75, 3.05) is 11.1 Å². The standard InChI is InChI=1S/C12H10N4OS/c13-7-5-6-18-10(7)11(17)16-12-14-8-3-1-2-4-9(8)15-12/h1-6H,13H2,(H2,14,15,16,17). The van der Waals surface area contributed by atoms with E-state index in [9.17, 15) is 4.79 Å². The number of hydrogen-bond donors (Lipinski definition) is 3. The molecule has 0 fully saturated rings. The molecule has 5 nitrogen and oxygen atoms in total. The molecule has 90 valence electrons. The molecule has 0 aliphatic carbocycles. The first-order valence-electron chi connectivity index (χ1n) is 5.33. The number of nitrogens with one attached hydrogen (secondary N) is 2. The Kier molecular flexibility index (Phi) is 2.49. The van der Waals surface area contributed by atoms with Gasteiger partial charge in [0.05, 0.1) is 16.7 Å². The van der Waals surface area contributed by atoms with Crippen molar-refractivity contribution in [2.24, 2.45) is 0 Å². The van der Waals surface area contributed by atoms with Crippen molar-refractivity contribution in [3.63, 3.8) is 0 Å². The van der Waals surface area contributed by atoms with Crippen LogP contribution >= 0.6 is 11.3 Å². The Balaban J connectivity index is 1.88. The number of para-hydroxylation sites is 2. The van der Waals surface area contributed by atoms with Gasteiger partial charge in [0.2, 0.25) is 5.95 Å². The van der Waals surface area contributed by atoms with Crippen LogP contribution in [0.2, 0.25) is 0 Å². The molecule has 4 N–H and O–H groups in total. The first-order chi connectivity index (χ1) is 8.74. The minimum atomic E-state index is -0.249. The van der Waals surface area contributed by atoms with Crippen molar-refractivity contribution < 1.29 is 4.79 Å². The van der Waals surface area contributed by atoms with Gasteiger partial charge in [-0.15, -0.1) is 11.3 Å². The van der Waals surface area contributed by atoms with Crippen LogP contribution in [0.4, 0.5) is 11.6 Å². The molecule has 0 saturated carbocycles. The lowest BCUT2D eigenvalue weighted by molar-refractivity contribution is 0.103. The first kappa shape index (κ1) is 10.8. The highest BCUT2D eigenvalue weighted by Gasteiger charge is 2.13. The number of H-pyrrole nitrogens is 1. The average Bonchev–Trinajstić information content (AvgIpc) is 2.94. The van der Waals surface area contributed by atoms with Crippen LogP contribution < -0.4 is 11.1 Å². The molecule has 0 radical (unpaired) electrons. The van der Waals surface area contributed by atoms with Gasteiger partial charge in [-0.2, -0.15) is 0 Å². The SMILES string of the molecule is Nc1ccsc1C(=O)Nc1nc2ccccc2[nH]1. The molecule has 3 rings (SSSR count). The number of nitrogens with zero attached hydrogens (tertiary/aromatic N) is 1. The van der Waals surface area contributed by atoms with Crippen LogP contribution in [0.5, 0.6) is 0 Å². The van der Waals surface area contributed by atoms with Gasteiger partial charge < -0.3 is 10.7 Å². The highest BCUT2D eigenvalue weighted by atomic mass is 32.1. The van der Waals surface area contributed by atoms with Crippen LogP contribution in [0.15, 0.2) is 35.7 Å². The number of carbonyl (C=O) groups is 1. The molecule has 0 spiro atoms. The molecule has 0 aliphatic rings. The zero-order valence-corrected chi connectivity index (χ0v) is 10.1. The molecule has 2 aromatic heterocycles. The van der Waals surface area contributed by atoms with E-state index in [1.54, 1.807) is 11.4 Å². The number of aromatic amines is 1. The number of rotatable bonds is 2. The van der Waals surface area contributed by atoms with E-state index in [2.05, 4.69) is 15.3 Å². The Morgan fingerprint density at radius 2 is 2.17 bits per heavy atom. The normalized spacial score (nSPS) is 10.7. The van der Waals surface area contributed by atoms with Gasteiger partial charge in [0.25, 0.3) is 5.91 Å². The minimum Gasteiger partial charge on any atom is -0.397 e. The highest BCUT2D eigenvalue weighted by molar-refractivity contribution is 7.12. The number of aromatic nitrogens is 2. The molecule has 2 heterocycles. The molecule has 0 bridgehead atoms. The predicted molar refractivity (Wildman–Crippen MR) is 72.8 cm³/mol. The van der Waals surface area contributed by atoms with Crippen molar-refractivity contribution in [1.29, 1.82) is 0 Å². The highest BCUT2D eigenvalue weighted by Crippen LogP contribution is 2.20. The second kappa shape index (κ2) is 4.15. The van der Waals surface area contributed by atoms with Crippen molar-refractivity contribution in [3.8, 4) is 0 Å². The summed E-state index contributed by atoms with van der Waals surface area (Å²) in [5.41, 5.74) is 7.86. The molecular formula is C12H10N4OS. The Labute approximate surface area is 107 Å². The second-order valence-corrected chi connectivity index (χ2v) is 4.68. The predicted octanol–water partition coefficient (Wildman–Crippen LogP) is 2.46. The summed E-state index contributed by atoms with van der Waals surface area (Å²) in [4.78, 5) is 19.7. The number of anilines is 2. The van der Waals surface area contributed by atoms with Gasteiger partial charge in [0.1, 0.15) is 4.88 Å². The van der Waals surface area contributed by atoms with Crippen molar-refractivity contribution in [3.05, 3.63) is 40.6 Å². The van der Waals surface area contributed by atoms with Gasteiger partial charge in [-0.1, -0.05) is 12.1 Å². The van der Waals surface area contributed by atoms with Crippen LogP contribution in [-0.4, -0.2) is 15.9 Å². The van der Waals surface area contributed by atoms with Gasteiger partial charge in [-0.05, 0) is 23.6 Å². The summed E-state index contributed by atoms with van der Waals surface area (Å²) in [6.45, 7) is 0. The number of fused-ring (bicyclic) bond motifs is 1. The molecule has 0 aliphatic heterocycles.